The lowest BCUT2D eigenvalue weighted by atomic mass is 9.91. The van der Waals surface area contributed by atoms with Gasteiger partial charge in [-0.3, -0.25) is 10.2 Å². The van der Waals surface area contributed by atoms with E-state index in [9.17, 15) is 4.79 Å². The Morgan fingerprint density at radius 3 is 2.50 bits per heavy atom. The summed E-state index contributed by atoms with van der Waals surface area (Å²) in [6.45, 7) is 8.15. The Kier molecular flexibility index (Phi) is 3.92. The smallest absolute Gasteiger partial charge is 0.277 e. The van der Waals surface area contributed by atoms with Crippen LogP contribution in [0.2, 0.25) is 0 Å². The van der Waals surface area contributed by atoms with Crippen LogP contribution < -0.4 is 11.3 Å². The van der Waals surface area contributed by atoms with Crippen LogP contribution in [0.3, 0.4) is 0 Å². The zero-order valence-corrected chi connectivity index (χ0v) is 13.0. The van der Waals surface area contributed by atoms with Crippen molar-refractivity contribution in [2.75, 3.05) is 0 Å². The van der Waals surface area contributed by atoms with Crippen molar-refractivity contribution >= 4 is 17.2 Å². The predicted octanol–water partition coefficient (Wildman–Crippen LogP) is 3.02. The van der Waals surface area contributed by atoms with Crippen LogP contribution in [0.1, 0.15) is 41.7 Å². The molecule has 1 aromatic carbocycles. The van der Waals surface area contributed by atoms with Crippen molar-refractivity contribution in [1.82, 2.24) is 10.4 Å². The Labute approximate surface area is 123 Å². The van der Waals surface area contributed by atoms with E-state index in [1.807, 2.05) is 52.0 Å². The van der Waals surface area contributed by atoms with Gasteiger partial charge in [0.05, 0.1) is 5.69 Å². The Hall–Kier alpha value is -1.72. The van der Waals surface area contributed by atoms with E-state index in [0.717, 1.165) is 21.8 Å². The molecule has 0 aliphatic heterocycles. The van der Waals surface area contributed by atoms with Crippen molar-refractivity contribution in [2.24, 2.45) is 5.84 Å². The summed E-state index contributed by atoms with van der Waals surface area (Å²) in [5.41, 5.74) is 4.97. The number of hydrazine groups is 1. The quantitative estimate of drug-likeness (QED) is 0.507. The first kappa shape index (κ1) is 14.7. The SMILES string of the molecule is Cc1ccccc1-c1nc(C(C)(C)C)c(C(=O)NN)s1. The van der Waals surface area contributed by atoms with Gasteiger partial charge in [0.2, 0.25) is 0 Å². The molecule has 1 amide bonds. The number of carbonyl (C=O) groups is 1. The second kappa shape index (κ2) is 5.34. The number of thiazole rings is 1. The van der Waals surface area contributed by atoms with Crippen LogP contribution in [0.4, 0.5) is 0 Å². The maximum absolute atomic E-state index is 11.9. The number of rotatable bonds is 2. The van der Waals surface area contributed by atoms with Crippen molar-refractivity contribution < 1.29 is 4.79 Å². The number of hydrogen-bond donors (Lipinski definition) is 2. The molecule has 0 bridgehead atoms. The van der Waals surface area contributed by atoms with Gasteiger partial charge in [-0.05, 0) is 12.5 Å². The molecule has 0 aliphatic carbocycles. The highest BCUT2D eigenvalue weighted by atomic mass is 32.1. The molecule has 5 heteroatoms. The van der Waals surface area contributed by atoms with Crippen LogP contribution >= 0.6 is 11.3 Å². The normalized spacial score (nSPS) is 11.4. The Morgan fingerprint density at radius 2 is 1.95 bits per heavy atom. The summed E-state index contributed by atoms with van der Waals surface area (Å²) in [5, 5.41) is 0.853. The molecule has 20 heavy (non-hydrogen) atoms. The van der Waals surface area contributed by atoms with Crippen LogP contribution in [0.5, 0.6) is 0 Å². The Balaban J connectivity index is 2.61. The van der Waals surface area contributed by atoms with Crippen molar-refractivity contribution in [1.29, 1.82) is 0 Å². The van der Waals surface area contributed by atoms with E-state index in [1.165, 1.54) is 11.3 Å². The van der Waals surface area contributed by atoms with E-state index in [1.54, 1.807) is 0 Å². The number of aryl methyl sites for hydroxylation is 1. The third-order valence-corrected chi connectivity index (χ3v) is 4.14. The van der Waals surface area contributed by atoms with E-state index in [0.29, 0.717) is 4.88 Å². The van der Waals surface area contributed by atoms with E-state index >= 15 is 0 Å². The van der Waals surface area contributed by atoms with Crippen LogP contribution in [0.25, 0.3) is 10.6 Å². The fourth-order valence-corrected chi connectivity index (χ4v) is 3.25. The molecule has 1 heterocycles. The molecule has 0 atom stereocenters. The molecule has 2 aromatic rings. The van der Waals surface area contributed by atoms with Gasteiger partial charge in [-0.1, -0.05) is 45.0 Å². The minimum atomic E-state index is -0.285. The van der Waals surface area contributed by atoms with E-state index in [4.69, 9.17) is 5.84 Å². The van der Waals surface area contributed by atoms with Crippen LogP contribution in [0, 0.1) is 6.92 Å². The van der Waals surface area contributed by atoms with Crippen molar-refractivity contribution in [3.63, 3.8) is 0 Å². The Morgan fingerprint density at radius 1 is 1.30 bits per heavy atom. The Bertz CT molecular complexity index is 641. The van der Waals surface area contributed by atoms with Gasteiger partial charge in [-0.15, -0.1) is 11.3 Å². The molecule has 0 saturated carbocycles. The van der Waals surface area contributed by atoms with Gasteiger partial charge < -0.3 is 0 Å². The molecule has 106 valence electrons. The first-order valence-electron chi connectivity index (χ1n) is 6.43. The highest BCUT2D eigenvalue weighted by Crippen LogP contribution is 2.35. The summed E-state index contributed by atoms with van der Waals surface area (Å²) in [4.78, 5) is 17.2. The lowest BCUT2D eigenvalue weighted by molar-refractivity contribution is 0.0955. The van der Waals surface area contributed by atoms with Crippen LogP contribution in [-0.4, -0.2) is 10.9 Å². The van der Waals surface area contributed by atoms with Gasteiger partial charge in [0.15, 0.2) is 0 Å². The minimum Gasteiger partial charge on any atom is -0.289 e. The summed E-state index contributed by atoms with van der Waals surface area (Å²) >= 11 is 1.38. The summed E-state index contributed by atoms with van der Waals surface area (Å²) in [6, 6.07) is 8.02. The highest BCUT2D eigenvalue weighted by Gasteiger charge is 2.27. The minimum absolute atomic E-state index is 0.209. The number of nitrogen functional groups attached to an aromatic ring is 1. The molecule has 1 aromatic heterocycles. The van der Waals surface area contributed by atoms with Gasteiger partial charge >= 0.3 is 0 Å². The number of amides is 1. The molecular formula is C15H19N3OS. The standard InChI is InChI=1S/C15H19N3OS/c1-9-7-5-6-8-10(9)14-17-12(15(2,3)4)11(20-14)13(19)18-16/h5-8H,16H2,1-4H3,(H,18,19). The average Bonchev–Trinajstić information content (AvgIpc) is 2.83. The summed E-state index contributed by atoms with van der Waals surface area (Å²) in [5.74, 6) is 4.99. The molecule has 0 spiro atoms. The summed E-state index contributed by atoms with van der Waals surface area (Å²) < 4.78 is 0. The highest BCUT2D eigenvalue weighted by molar-refractivity contribution is 7.17. The first-order valence-corrected chi connectivity index (χ1v) is 7.24. The van der Waals surface area contributed by atoms with Crippen molar-refractivity contribution in [3.8, 4) is 10.6 Å². The molecular weight excluding hydrogens is 270 g/mol. The van der Waals surface area contributed by atoms with Crippen LogP contribution in [0.15, 0.2) is 24.3 Å². The fraction of sp³-hybridized carbons (Fsp3) is 0.333. The monoisotopic (exact) mass is 289 g/mol. The van der Waals surface area contributed by atoms with E-state index in [-0.39, 0.29) is 11.3 Å². The molecule has 0 aliphatic rings. The van der Waals surface area contributed by atoms with Gasteiger partial charge in [-0.2, -0.15) is 0 Å². The van der Waals surface area contributed by atoms with E-state index < -0.39 is 0 Å². The fourth-order valence-electron chi connectivity index (χ4n) is 1.98. The van der Waals surface area contributed by atoms with Crippen molar-refractivity contribution in [2.45, 2.75) is 33.1 Å². The number of nitrogens with zero attached hydrogens (tertiary/aromatic N) is 1. The second-order valence-corrected chi connectivity index (χ2v) is 6.73. The zero-order chi connectivity index (χ0) is 14.9. The number of nitrogens with two attached hydrogens (primary N) is 1. The number of benzene rings is 1. The third-order valence-electron chi connectivity index (χ3n) is 3.05. The predicted molar refractivity (Wildman–Crippen MR) is 82.6 cm³/mol. The number of nitrogens with one attached hydrogen (secondary N) is 1. The third kappa shape index (κ3) is 2.73. The van der Waals surface area contributed by atoms with Gasteiger partial charge in [-0.25, -0.2) is 10.8 Å². The number of aromatic nitrogens is 1. The van der Waals surface area contributed by atoms with Crippen LogP contribution in [-0.2, 0) is 5.41 Å². The van der Waals surface area contributed by atoms with Gasteiger partial charge in [0.25, 0.3) is 5.91 Å². The maximum atomic E-state index is 11.9. The maximum Gasteiger partial charge on any atom is 0.277 e. The lowest BCUT2D eigenvalue weighted by Crippen LogP contribution is -2.31. The molecule has 0 unspecified atom stereocenters. The lowest BCUT2D eigenvalue weighted by Gasteiger charge is -2.16. The van der Waals surface area contributed by atoms with E-state index in [2.05, 4.69) is 10.4 Å². The second-order valence-electron chi connectivity index (χ2n) is 5.74. The molecule has 2 rings (SSSR count). The molecule has 0 fully saturated rings. The zero-order valence-electron chi connectivity index (χ0n) is 12.2. The molecule has 0 saturated heterocycles. The summed E-state index contributed by atoms with van der Waals surface area (Å²) in [6.07, 6.45) is 0. The van der Waals surface area contributed by atoms with Crippen molar-refractivity contribution in [3.05, 3.63) is 40.4 Å². The average molecular weight is 289 g/mol. The molecule has 4 nitrogen and oxygen atoms in total. The van der Waals surface area contributed by atoms with Gasteiger partial charge in [0.1, 0.15) is 9.88 Å². The first-order chi connectivity index (χ1) is 9.34. The van der Waals surface area contributed by atoms with Gasteiger partial charge in [0, 0.05) is 11.0 Å². The largest absolute Gasteiger partial charge is 0.289 e. The summed E-state index contributed by atoms with van der Waals surface area (Å²) in [7, 11) is 0. The molecule has 3 N–H and O–H groups in total. The number of hydrogen-bond acceptors (Lipinski definition) is 4. The number of carbonyl (C=O) groups excluding carboxylic acids is 1. The topological polar surface area (TPSA) is 68.0 Å². The molecule has 0 radical (unpaired) electrons.